The number of halogens is 6. The lowest BCUT2D eigenvalue weighted by Gasteiger charge is -2.17. The molecule has 0 aliphatic carbocycles. The highest BCUT2D eigenvalue weighted by Gasteiger charge is 2.34. The molecule has 5 nitrogen and oxygen atoms in total. The van der Waals surface area contributed by atoms with Gasteiger partial charge in [-0.25, -0.2) is 15.0 Å². The quantitative estimate of drug-likeness (QED) is 0.261. The molecule has 0 saturated carbocycles. The zero-order valence-electron chi connectivity index (χ0n) is 15.5. The summed E-state index contributed by atoms with van der Waals surface area (Å²) in [6.45, 7) is 1.12. The second-order valence-corrected chi connectivity index (χ2v) is 10.7. The molecule has 160 valence electrons. The van der Waals surface area contributed by atoms with Crippen molar-refractivity contribution in [3.05, 3.63) is 48.0 Å². The van der Waals surface area contributed by atoms with Gasteiger partial charge in [0.25, 0.3) is 0 Å². The number of ether oxygens (including phenoxy) is 2. The number of nitrogens with zero attached hydrogens (tertiary/aromatic N) is 3. The molecule has 0 amide bonds. The number of fused-ring (bicyclic) bond motifs is 1. The van der Waals surface area contributed by atoms with Gasteiger partial charge < -0.3 is 9.47 Å². The average molecular weight is 530 g/mol. The van der Waals surface area contributed by atoms with E-state index >= 15 is 0 Å². The number of hydrogen-bond acceptors (Lipinski definition) is 5. The summed E-state index contributed by atoms with van der Waals surface area (Å²) in [6, 6.07) is 11.2. The Labute approximate surface area is 203 Å². The fourth-order valence-electron chi connectivity index (χ4n) is 2.73. The third kappa shape index (κ3) is 5.71. The molecule has 0 unspecified atom stereocenters. The van der Waals surface area contributed by atoms with Gasteiger partial charge in [-0.15, -0.1) is 0 Å². The molecule has 0 saturated heterocycles. The SMILES string of the molecule is COCCCOc1ccc(-c2nc(C(Cl)(Cl)Cl)nc(C(Cl)(Cl)Cl)n2)c2ccccc12. The molecule has 0 aliphatic heterocycles. The number of benzene rings is 2. The number of aromatic nitrogens is 3. The lowest BCUT2D eigenvalue weighted by atomic mass is 10.0. The molecule has 0 spiro atoms. The first-order valence-corrected chi connectivity index (χ1v) is 10.9. The summed E-state index contributed by atoms with van der Waals surface area (Å²) in [5, 5.41) is 1.68. The fourth-order valence-corrected chi connectivity index (χ4v) is 3.23. The molecule has 0 atom stereocenters. The smallest absolute Gasteiger partial charge is 0.250 e. The lowest BCUT2D eigenvalue weighted by molar-refractivity contribution is 0.172. The van der Waals surface area contributed by atoms with Crippen molar-refractivity contribution in [2.45, 2.75) is 14.0 Å². The van der Waals surface area contributed by atoms with Crippen molar-refractivity contribution in [2.75, 3.05) is 20.3 Å². The van der Waals surface area contributed by atoms with Crippen molar-refractivity contribution in [2.24, 2.45) is 0 Å². The van der Waals surface area contributed by atoms with E-state index < -0.39 is 7.59 Å². The molecule has 30 heavy (non-hydrogen) atoms. The lowest BCUT2D eigenvalue weighted by Crippen LogP contribution is -2.16. The van der Waals surface area contributed by atoms with Crippen LogP contribution in [0.5, 0.6) is 5.75 Å². The van der Waals surface area contributed by atoms with Crippen LogP contribution in [0.25, 0.3) is 22.2 Å². The summed E-state index contributed by atoms with van der Waals surface area (Å²) in [5.41, 5.74) is 0.642. The van der Waals surface area contributed by atoms with Crippen LogP contribution in [0, 0.1) is 0 Å². The molecule has 1 heterocycles. The largest absolute Gasteiger partial charge is 0.493 e. The van der Waals surface area contributed by atoms with E-state index in [1.54, 1.807) is 13.2 Å². The van der Waals surface area contributed by atoms with Crippen LogP contribution in [-0.2, 0) is 12.3 Å². The van der Waals surface area contributed by atoms with Crippen molar-refractivity contribution < 1.29 is 9.47 Å². The molecular formula is C19H15Cl6N3O2. The van der Waals surface area contributed by atoms with Crippen LogP contribution < -0.4 is 4.74 Å². The van der Waals surface area contributed by atoms with Crippen LogP contribution in [0.1, 0.15) is 18.1 Å². The minimum atomic E-state index is -1.93. The van der Waals surface area contributed by atoms with Crippen molar-refractivity contribution in [1.82, 2.24) is 15.0 Å². The Balaban J connectivity index is 2.13. The van der Waals surface area contributed by atoms with Crippen molar-refractivity contribution in [1.29, 1.82) is 0 Å². The van der Waals surface area contributed by atoms with Crippen LogP contribution in [-0.4, -0.2) is 35.3 Å². The Morgan fingerprint density at radius 3 is 1.93 bits per heavy atom. The molecule has 3 aromatic rings. The molecular weight excluding hydrogens is 515 g/mol. The number of methoxy groups -OCH3 is 1. The van der Waals surface area contributed by atoms with E-state index in [0.29, 0.717) is 24.5 Å². The highest BCUT2D eigenvalue weighted by Crippen LogP contribution is 2.41. The van der Waals surface area contributed by atoms with Gasteiger partial charge in [-0.3, -0.25) is 0 Å². The van der Waals surface area contributed by atoms with E-state index in [9.17, 15) is 0 Å². The van der Waals surface area contributed by atoms with Crippen molar-refractivity contribution in [3.63, 3.8) is 0 Å². The van der Waals surface area contributed by atoms with Gasteiger partial charge in [-0.1, -0.05) is 93.9 Å². The van der Waals surface area contributed by atoms with E-state index in [4.69, 9.17) is 79.1 Å². The zero-order chi connectivity index (χ0) is 21.9. The van der Waals surface area contributed by atoms with Crippen LogP contribution in [0.4, 0.5) is 0 Å². The van der Waals surface area contributed by atoms with Gasteiger partial charge >= 0.3 is 0 Å². The monoisotopic (exact) mass is 527 g/mol. The summed E-state index contributed by atoms with van der Waals surface area (Å²) in [7, 11) is 1.65. The Morgan fingerprint density at radius 2 is 1.37 bits per heavy atom. The summed E-state index contributed by atoms with van der Waals surface area (Å²) in [5.74, 6) is 0.614. The van der Waals surface area contributed by atoms with Gasteiger partial charge in [0.05, 0.1) is 6.61 Å². The predicted octanol–water partition coefficient (Wildman–Crippen LogP) is 6.76. The van der Waals surface area contributed by atoms with Crippen molar-refractivity contribution in [3.8, 4) is 17.1 Å². The highest BCUT2D eigenvalue weighted by atomic mass is 35.6. The summed E-state index contributed by atoms with van der Waals surface area (Å²) in [4.78, 5) is 12.6. The Hall–Kier alpha value is -0.790. The fraction of sp³-hybridized carbons (Fsp3) is 0.316. The van der Waals surface area contributed by atoms with E-state index in [0.717, 1.165) is 17.2 Å². The van der Waals surface area contributed by atoms with E-state index in [-0.39, 0.29) is 17.5 Å². The van der Waals surface area contributed by atoms with Gasteiger partial charge in [-0.05, 0) is 17.5 Å². The molecule has 3 rings (SSSR count). The highest BCUT2D eigenvalue weighted by molar-refractivity contribution is 6.67. The van der Waals surface area contributed by atoms with Gasteiger partial charge in [0.1, 0.15) is 5.75 Å². The van der Waals surface area contributed by atoms with Crippen LogP contribution in [0.3, 0.4) is 0 Å². The number of alkyl halides is 6. The van der Waals surface area contributed by atoms with Crippen LogP contribution in [0.15, 0.2) is 36.4 Å². The maximum atomic E-state index is 5.99. The first kappa shape index (κ1) is 23.9. The Bertz CT molecular complexity index is 1000. The van der Waals surface area contributed by atoms with E-state index in [1.807, 2.05) is 30.3 Å². The summed E-state index contributed by atoms with van der Waals surface area (Å²) >= 11 is 35.9. The molecule has 0 radical (unpaired) electrons. The topological polar surface area (TPSA) is 57.1 Å². The van der Waals surface area contributed by atoms with E-state index in [2.05, 4.69) is 15.0 Å². The van der Waals surface area contributed by atoms with Gasteiger partial charge in [0.2, 0.25) is 7.59 Å². The third-order valence-corrected chi connectivity index (χ3v) is 5.03. The number of hydrogen-bond donors (Lipinski definition) is 0. The molecule has 0 bridgehead atoms. The second-order valence-electron chi connectivity index (χ2n) is 6.15. The maximum absolute atomic E-state index is 5.99. The molecule has 1 aromatic heterocycles. The first-order valence-electron chi connectivity index (χ1n) is 8.65. The molecule has 2 aromatic carbocycles. The second kappa shape index (κ2) is 9.78. The predicted molar refractivity (Wildman–Crippen MR) is 123 cm³/mol. The summed E-state index contributed by atoms with van der Waals surface area (Å²) < 4.78 is 7.11. The Morgan fingerprint density at radius 1 is 0.767 bits per heavy atom. The molecule has 0 N–H and O–H groups in total. The standard InChI is InChI=1S/C19H15Cl6N3O2/c1-29-9-4-10-30-14-8-7-13(11-5-2-3-6-12(11)14)15-26-16(18(20,21)22)28-17(27-15)19(23,24)25/h2-3,5-8H,4,9-10H2,1H3. The van der Waals surface area contributed by atoms with E-state index in [1.165, 1.54) is 0 Å². The van der Waals surface area contributed by atoms with Crippen molar-refractivity contribution >= 4 is 80.4 Å². The third-order valence-electron chi connectivity index (χ3n) is 4.02. The Kier molecular flexibility index (Phi) is 7.78. The maximum Gasteiger partial charge on any atom is 0.250 e. The normalized spacial score (nSPS) is 12.4. The van der Waals surface area contributed by atoms with Gasteiger partial charge in [-0.2, -0.15) is 0 Å². The van der Waals surface area contributed by atoms with Gasteiger partial charge in [0.15, 0.2) is 17.5 Å². The molecule has 11 heteroatoms. The molecule has 0 aliphatic rings. The van der Waals surface area contributed by atoms with Gasteiger partial charge in [0, 0.05) is 31.1 Å². The molecule has 0 fully saturated rings. The van der Waals surface area contributed by atoms with Crippen LogP contribution >= 0.6 is 69.6 Å². The van der Waals surface area contributed by atoms with Crippen LogP contribution in [0.2, 0.25) is 0 Å². The minimum Gasteiger partial charge on any atom is -0.493 e. The minimum absolute atomic E-state index is 0.150. The first-order chi connectivity index (χ1) is 14.1. The average Bonchev–Trinajstić information content (AvgIpc) is 2.69. The summed E-state index contributed by atoms with van der Waals surface area (Å²) in [6.07, 6.45) is 0.763. The zero-order valence-corrected chi connectivity index (χ0v) is 20.0. The number of rotatable bonds is 6.